The highest BCUT2D eigenvalue weighted by atomic mass is 31.2. The standard InChI is InChI=1S/C71H134O17P2/c1-8-10-11-12-13-14-15-16-17-18-21-25-31-40-47-54-70(75)87-67(59-82-69(74)53-46-39-34-33-36-43-50-63(5)6)61-86-90(79,80)84-57-65(72)56-83-89(77,78)85-60-66(88-71(76)55-48-41-32-27-26-29-37-44-51-64(7)9-2)58-81-68(73)52-45-38-30-24-22-19-20-23-28-35-42-49-62(3)4/h14-17,62-67,72H,8-13,18-61H2,1-7H3,(H,77,78)(H,79,80)/b15-14-,17-16-/t64?,65-,66-,67-/m1/s1. The van der Waals surface area contributed by atoms with E-state index in [1.165, 1.54) is 122 Å². The first-order chi connectivity index (χ1) is 43.3. The molecule has 0 heterocycles. The number of carbonyl (C=O) groups excluding carboxylic acids is 4. The van der Waals surface area contributed by atoms with E-state index in [0.29, 0.717) is 31.6 Å². The van der Waals surface area contributed by atoms with Gasteiger partial charge in [0.2, 0.25) is 0 Å². The number of hydrogen-bond acceptors (Lipinski definition) is 15. The van der Waals surface area contributed by atoms with Crippen LogP contribution >= 0.6 is 15.6 Å². The molecule has 0 aliphatic rings. The van der Waals surface area contributed by atoms with Crippen molar-refractivity contribution >= 4 is 39.5 Å². The number of hydrogen-bond donors (Lipinski definition) is 3. The van der Waals surface area contributed by atoms with Crippen LogP contribution in [0, 0.1) is 17.8 Å². The van der Waals surface area contributed by atoms with Gasteiger partial charge in [-0.3, -0.25) is 37.3 Å². The molecular formula is C71H134O17P2. The minimum Gasteiger partial charge on any atom is -0.462 e. The molecule has 0 aliphatic heterocycles. The number of phosphoric ester groups is 2. The zero-order chi connectivity index (χ0) is 66.6. The fraction of sp³-hybridized carbons (Fsp3) is 0.887. The second kappa shape index (κ2) is 61.4. The minimum absolute atomic E-state index is 0.0835. The normalized spacial score (nSPS) is 14.7. The van der Waals surface area contributed by atoms with Crippen molar-refractivity contribution in [3.8, 4) is 0 Å². The van der Waals surface area contributed by atoms with E-state index in [2.05, 4.69) is 72.8 Å². The van der Waals surface area contributed by atoms with E-state index in [4.69, 9.17) is 37.0 Å². The monoisotopic (exact) mass is 1320 g/mol. The summed E-state index contributed by atoms with van der Waals surface area (Å²) in [6.07, 6.45) is 48.1. The molecular weight excluding hydrogens is 1190 g/mol. The van der Waals surface area contributed by atoms with E-state index in [1.54, 1.807) is 0 Å². The number of unbranched alkanes of at least 4 members (excludes halogenated alkanes) is 31. The lowest BCUT2D eigenvalue weighted by Crippen LogP contribution is -2.30. The van der Waals surface area contributed by atoms with Gasteiger partial charge in [-0.05, 0) is 69.1 Å². The smallest absolute Gasteiger partial charge is 0.462 e. The maximum absolute atomic E-state index is 13.0. The molecule has 0 saturated carbocycles. The maximum Gasteiger partial charge on any atom is 0.472 e. The van der Waals surface area contributed by atoms with Gasteiger partial charge in [0.05, 0.1) is 26.4 Å². The SMILES string of the molecule is CCCCCC/C=C\C=C/CCCCCCCC(=O)O[C@H](COC(=O)CCCCCCCCC(C)C)COP(=O)(O)OC[C@H](O)COP(=O)(O)OC[C@@H](COC(=O)CCCCCCCCCCCCCC(C)C)OC(=O)CCCCCCCCCCC(C)CC. The number of aliphatic hydroxyl groups excluding tert-OH is 1. The summed E-state index contributed by atoms with van der Waals surface area (Å²) in [4.78, 5) is 72.5. The summed E-state index contributed by atoms with van der Waals surface area (Å²) >= 11 is 0. The third kappa shape index (κ3) is 63.0. The average Bonchev–Trinajstić information content (AvgIpc) is 1.89. The number of allylic oxidation sites excluding steroid dienone is 4. The number of aliphatic hydroxyl groups is 1. The number of rotatable bonds is 67. The van der Waals surface area contributed by atoms with Crippen molar-refractivity contribution in [2.24, 2.45) is 17.8 Å². The largest absolute Gasteiger partial charge is 0.472 e. The Morgan fingerprint density at radius 3 is 0.989 bits per heavy atom. The minimum atomic E-state index is -4.96. The molecule has 6 atom stereocenters. The summed E-state index contributed by atoms with van der Waals surface area (Å²) in [6.45, 7) is 11.7. The Morgan fingerprint density at radius 1 is 0.367 bits per heavy atom. The molecule has 0 aromatic carbocycles. The van der Waals surface area contributed by atoms with Crippen LogP contribution in [0.5, 0.6) is 0 Å². The summed E-state index contributed by atoms with van der Waals surface area (Å²) in [5.74, 6) is 0.0544. The molecule has 0 radical (unpaired) electrons. The van der Waals surface area contributed by atoms with Gasteiger partial charge in [-0.15, -0.1) is 0 Å². The number of phosphoric acid groups is 2. The van der Waals surface area contributed by atoms with Gasteiger partial charge in [0, 0.05) is 25.7 Å². The summed E-state index contributed by atoms with van der Waals surface area (Å²) in [6, 6.07) is 0. The van der Waals surface area contributed by atoms with E-state index in [9.17, 15) is 43.2 Å². The summed E-state index contributed by atoms with van der Waals surface area (Å²) in [7, 11) is -9.92. The third-order valence-electron chi connectivity index (χ3n) is 16.1. The highest BCUT2D eigenvalue weighted by Crippen LogP contribution is 2.45. The van der Waals surface area contributed by atoms with Crippen LogP contribution in [-0.2, 0) is 65.4 Å². The van der Waals surface area contributed by atoms with Gasteiger partial charge < -0.3 is 33.8 Å². The summed E-state index contributed by atoms with van der Waals surface area (Å²) < 4.78 is 68.2. The summed E-state index contributed by atoms with van der Waals surface area (Å²) in [5.41, 5.74) is 0. The van der Waals surface area contributed by atoms with Crippen molar-refractivity contribution in [3.05, 3.63) is 24.3 Å². The Labute approximate surface area is 548 Å². The average molecular weight is 1320 g/mol. The van der Waals surface area contributed by atoms with E-state index in [0.717, 1.165) is 121 Å². The Balaban J connectivity index is 5.28. The molecule has 19 heteroatoms. The molecule has 0 aromatic rings. The lowest BCUT2D eigenvalue weighted by atomic mass is 9.99. The van der Waals surface area contributed by atoms with Crippen molar-refractivity contribution in [2.45, 2.75) is 349 Å². The fourth-order valence-electron chi connectivity index (χ4n) is 10.1. The Hall–Kier alpha value is -2.46. The molecule has 530 valence electrons. The predicted molar refractivity (Wildman–Crippen MR) is 363 cm³/mol. The van der Waals surface area contributed by atoms with Crippen LogP contribution in [-0.4, -0.2) is 96.7 Å². The quantitative estimate of drug-likeness (QED) is 0.0169. The van der Waals surface area contributed by atoms with Crippen molar-refractivity contribution in [1.82, 2.24) is 0 Å². The van der Waals surface area contributed by atoms with E-state index < -0.39 is 97.5 Å². The molecule has 0 bridgehead atoms. The van der Waals surface area contributed by atoms with Crippen molar-refractivity contribution < 1.29 is 80.2 Å². The molecule has 0 aliphatic carbocycles. The van der Waals surface area contributed by atoms with E-state index in [-0.39, 0.29) is 25.7 Å². The van der Waals surface area contributed by atoms with Crippen LogP contribution in [0.1, 0.15) is 331 Å². The van der Waals surface area contributed by atoms with Gasteiger partial charge in [-0.2, -0.15) is 0 Å². The predicted octanol–water partition coefficient (Wildman–Crippen LogP) is 19.8. The molecule has 3 N–H and O–H groups in total. The molecule has 0 fully saturated rings. The third-order valence-corrected chi connectivity index (χ3v) is 18.0. The molecule has 90 heavy (non-hydrogen) atoms. The molecule has 0 spiro atoms. The molecule has 3 unspecified atom stereocenters. The first-order valence-corrected chi connectivity index (χ1v) is 39.2. The maximum atomic E-state index is 13.0. The van der Waals surface area contributed by atoms with Gasteiger partial charge in [-0.25, -0.2) is 9.13 Å². The number of ether oxygens (including phenoxy) is 4. The second-order valence-electron chi connectivity index (χ2n) is 26.1. The van der Waals surface area contributed by atoms with Crippen LogP contribution < -0.4 is 0 Å². The first-order valence-electron chi connectivity index (χ1n) is 36.2. The van der Waals surface area contributed by atoms with Crippen LogP contribution in [0.4, 0.5) is 0 Å². The van der Waals surface area contributed by atoms with E-state index in [1.807, 2.05) is 0 Å². The van der Waals surface area contributed by atoms with Crippen LogP contribution in [0.3, 0.4) is 0 Å². The van der Waals surface area contributed by atoms with Crippen LogP contribution in [0.15, 0.2) is 24.3 Å². The fourth-order valence-corrected chi connectivity index (χ4v) is 11.7. The Kier molecular flexibility index (Phi) is 59.7. The van der Waals surface area contributed by atoms with Gasteiger partial charge >= 0.3 is 39.5 Å². The molecule has 0 saturated heterocycles. The number of esters is 4. The van der Waals surface area contributed by atoms with Crippen LogP contribution in [0.25, 0.3) is 0 Å². The van der Waals surface area contributed by atoms with Crippen molar-refractivity contribution in [2.75, 3.05) is 39.6 Å². The molecule has 0 amide bonds. The lowest BCUT2D eigenvalue weighted by Gasteiger charge is -2.21. The van der Waals surface area contributed by atoms with Crippen molar-refractivity contribution in [1.29, 1.82) is 0 Å². The zero-order valence-electron chi connectivity index (χ0n) is 58.1. The number of carbonyl (C=O) groups is 4. The molecule has 0 rings (SSSR count). The van der Waals surface area contributed by atoms with Gasteiger partial charge in [-0.1, -0.05) is 278 Å². The molecule has 17 nitrogen and oxygen atoms in total. The van der Waals surface area contributed by atoms with Gasteiger partial charge in [0.1, 0.15) is 19.3 Å². The Morgan fingerprint density at radius 2 is 0.656 bits per heavy atom. The highest BCUT2D eigenvalue weighted by molar-refractivity contribution is 7.47. The topological polar surface area (TPSA) is 237 Å². The zero-order valence-corrected chi connectivity index (χ0v) is 59.9. The Bertz CT molecular complexity index is 1860. The second-order valence-corrected chi connectivity index (χ2v) is 29.0. The lowest BCUT2D eigenvalue weighted by molar-refractivity contribution is -0.161. The van der Waals surface area contributed by atoms with E-state index >= 15 is 0 Å². The van der Waals surface area contributed by atoms with Crippen molar-refractivity contribution in [3.63, 3.8) is 0 Å². The van der Waals surface area contributed by atoms with Gasteiger partial charge in [0.15, 0.2) is 12.2 Å². The summed E-state index contributed by atoms with van der Waals surface area (Å²) in [5, 5.41) is 10.6. The molecule has 0 aromatic heterocycles. The highest BCUT2D eigenvalue weighted by Gasteiger charge is 2.30. The van der Waals surface area contributed by atoms with Crippen LogP contribution in [0.2, 0.25) is 0 Å². The first kappa shape index (κ1) is 87.5. The van der Waals surface area contributed by atoms with Gasteiger partial charge in [0.25, 0.3) is 0 Å².